The molecule has 1 aliphatic heterocycles. The Morgan fingerprint density at radius 2 is 1.61 bits per heavy atom. The first-order valence-electron chi connectivity index (χ1n) is 11.0. The minimum absolute atomic E-state index is 0.275. The summed E-state index contributed by atoms with van der Waals surface area (Å²) >= 11 is 1.47. The molecule has 9 nitrogen and oxygen atoms in total. The molecule has 0 aromatic heterocycles. The lowest BCUT2D eigenvalue weighted by Gasteiger charge is -2.28. The Kier molecular flexibility index (Phi) is 11.2. The number of amides is 1. The first kappa shape index (κ1) is 28.6. The van der Waals surface area contributed by atoms with Crippen LogP contribution >= 0.6 is 11.8 Å². The van der Waals surface area contributed by atoms with E-state index in [2.05, 4.69) is 0 Å². The van der Waals surface area contributed by atoms with E-state index in [1.807, 2.05) is 79.0 Å². The van der Waals surface area contributed by atoms with Crippen LogP contribution in [-0.4, -0.2) is 83.4 Å². The Hall–Kier alpha value is -3.60. The van der Waals surface area contributed by atoms with Crippen molar-refractivity contribution in [3.05, 3.63) is 83.3 Å². The average molecular weight is 515 g/mol. The Labute approximate surface area is 214 Å². The molecule has 1 heterocycles. The molecule has 1 aliphatic rings. The molecule has 0 unspecified atom stereocenters. The van der Waals surface area contributed by atoms with Crippen LogP contribution in [0, 0.1) is 0 Å². The number of carbonyl (C=O) groups is 3. The molecule has 1 amide bonds. The van der Waals surface area contributed by atoms with Crippen molar-refractivity contribution in [2.24, 2.45) is 0 Å². The first-order valence-corrected chi connectivity index (χ1v) is 11.9. The van der Waals surface area contributed by atoms with Gasteiger partial charge in [0, 0.05) is 25.2 Å². The summed E-state index contributed by atoms with van der Waals surface area (Å²) in [5, 5.41) is 28.2. The van der Waals surface area contributed by atoms with E-state index in [0.717, 1.165) is 22.6 Å². The van der Waals surface area contributed by atoms with Crippen LogP contribution in [0.3, 0.4) is 0 Å². The van der Waals surface area contributed by atoms with Gasteiger partial charge in [-0.15, -0.1) is 11.8 Å². The van der Waals surface area contributed by atoms with Gasteiger partial charge in [0.2, 0.25) is 0 Å². The quantitative estimate of drug-likeness (QED) is 0.456. The van der Waals surface area contributed by atoms with Gasteiger partial charge in [-0.1, -0.05) is 42.5 Å². The van der Waals surface area contributed by atoms with Crippen LogP contribution < -0.4 is 4.74 Å². The summed E-state index contributed by atoms with van der Waals surface area (Å²) < 4.78 is 5.21. The summed E-state index contributed by atoms with van der Waals surface area (Å²) in [6.45, 7) is 1.22. The maximum Gasteiger partial charge on any atom is 0.328 e. The third-order valence-electron chi connectivity index (χ3n) is 5.08. The lowest BCUT2D eigenvalue weighted by atomic mass is 10.0. The van der Waals surface area contributed by atoms with Crippen LogP contribution in [0.15, 0.2) is 72.2 Å². The minimum atomic E-state index is -1.26. The predicted molar refractivity (Wildman–Crippen MR) is 138 cm³/mol. The highest BCUT2D eigenvalue weighted by atomic mass is 32.2. The summed E-state index contributed by atoms with van der Waals surface area (Å²) in [5.74, 6) is -2.04. The highest BCUT2D eigenvalue weighted by molar-refractivity contribution is 8.02. The van der Waals surface area contributed by atoms with Crippen LogP contribution in [0.1, 0.15) is 16.4 Å². The second-order valence-electron chi connectivity index (χ2n) is 7.95. The van der Waals surface area contributed by atoms with Crippen molar-refractivity contribution in [1.82, 2.24) is 9.80 Å². The van der Waals surface area contributed by atoms with Crippen molar-refractivity contribution in [3.8, 4) is 5.75 Å². The van der Waals surface area contributed by atoms with Gasteiger partial charge < -0.3 is 29.9 Å². The molecule has 192 valence electrons. The normalized spacial score (nSPS) is 17.8. The Morgan fingerprint density at radius 3 is 2.11 bits per heavy atom. The molecule has 10 heteroatoms. The number of rotatable bonds is 8. The van der Waals surface area contributed by atoms with Gasteiger partial charge in [-0.25, -0.2) is 9.59 Å². The summed E-state index contributed by atoms with van der Waals surface area (Å²) in [5.41, 5.74) is 2.68. The second kappa shape index (κ2) is 14.1. The molecular formula is C26H30N2O7S. The van der Waals surface area contributed by atoms with E-state index in [0.29, 0.717) is 25.2 Å². The van der Waals surface area contributed by atoms with Crippen molar-refractivity contribution in [1.29, 1.82) is 0 Å². The van der Waals surface area contributed by atoms with Gasteiger partial charge in [0.25, 0.3) is 5.91 Å². The van der Waals surface area contributed by atoms with Crippen LogP contribution in [0.2, 0.25) is 0 Å². The number of hydrogen-bond acceptors (Lipinski definition) is 7. The van der Waals surface area contributed by atoms with E-state index in [4.69, 9.17) is 14.9 Å². The fraction of sp³-hybridized carbons (Fsp3) is 0.269. The number of benzene rings is 2. The molecule has 3 N–H and O–H groups in total. The fourth-order valence-electron chi connectivity index (χ4n) is 3.24. The van der Waals surface area contributed by atoms with Crippen molar-refractivity contribution in [3.63, 3.8) is 0 Å². The van der Waals surface area contributed by atoms with Crippen LogP contribution in [0.4, 0.5) is 0 Å². The maximum atomic E-state index is 13.2. The van der Waals surface area contributed by atoms with E-state index >= 15 is 0 Å². The van der Waals surface area contributed by atoms with Gasteiger partial charge in [0.15, 0.2) is 0 Å². The first-order chi connectivity index (χ1) is 17.1. The molecule has 0 saturated carbocycles. The maximum absolute atomic E-state index is 13.2. The number of hydrogen-bond donors (Lipinski definition) is 3. The number of likely N-dealkylation sites (N-methyl/N-ethyl adjacent to an activating group) is 1. The number of aliphatic hydroxyl groups excluding tert-OH is 1. The van der Waals surface area contributed by atoms with Gasteiger partial charge in [-0.3, -0.25) is 4.79 Å². The van der Waals surface area contributed by atoms with Gasteiger partial charge in [0.05, 0.1) is 18.1 Å². The summed E-state index contributed by atoms with van der Waals surface area (Å²) in [6.07, 6.45) is -0.0111. The molecular weight excluding hydrogens is 484 g/mol. The smallest absolute Gasteiger partial charge is 0.328 e. The van der Waals surface area contributed by atoms with Crippen molar-refractivity contribution < 1.29 is 34.4 Å². The highest BCUT2D eigenvalue weighted by Gasteiger charge is 2.35. The number of carboxylic acid groups (broad SMARTS) is 2. The van der Waals surface area contributed by atoms with E-state index in [1.165, 1.54) is 11.8 Å². The summed E-state index contributed by atoms with van der Waals surface area (Å²) in [6, 6.07) is 17.3. The van der Waals surface area contributed by atoms with E-state index < -0.39 is 18.0 Å². The van der Waals surface area contributed by atoms with Crippen LogP contribution in [0.5, 0.6) is 5.75 Å². The third kappa shape index (κ3) is 8.56. The number of carbonyl (C=O) groups excluding carboxylic acids is 1. The number of methoxy groups -OCH3 is 1. The summed E-state index contributed by atoms with van der Waals surface area (Å²) in [7, 11) is 5.56. The highest BCUT2D eigenvalue weighted by Crippen LogP contribution is 2.40. The van der Waals surface area contributed by atoms with Gasteiger partial charge >= 0.3 is 11.9 Å². The largest absolute Gasteiger partial charge is 0.497 e. The number of nitrogens with zero attached hydrogens (tertiary/aromatic N) is 2. The number of carboxylic acids is 2. The van der Waals surface area contributed by atoms with E-state index in [-0.39, 0.29) is 11.2 Å². The molecule has 2 aromatic carbocycles. The minimum Gasteiger partial charge on any atom is -0.497 e. The standard InChI is InChI=1S/C22H26N2O3S.C4H4O4/c1-23(2)13-14-24-19(16-7-5-4-6-8-16)15-28-21(20(25)22(24)26)17-9-11-18(27-3)12-10-17;5-3(6)1-2-4(7)8/h4-12,15,20-21,25H,13-14H2,1-3H3;1-2H,(H,5,6)(H,7,8)/b;2-1+/t20-,21-;/m1./s1. The lowest BCUT2D eigenvalue weighted by Crippen LogP contribution is -2.42. The average Bonchev–Trinajstić information content (AvgIpc) is 2.98. The Morgan fingerprint density at radius 1 is 1.03 bits per heavy atom. The lowest BCUT2D eigenvalue weighted by molar-refractivity contribution is -0.136. The molecule has 36 heavy (non-hydrogen) atoms. The zero-order chi connectivity index (χ0) is 26.7. The van der Waals surface area contributed by atoms with Gasteiger partial charge in [-0.05, 0) is 42.8 Å². The van der Waals surface area contributed by atoms with Gasteiger partial charge in [0.1, 0.15) is 11.9 Å². The second-order valence-corrected chi connectivity index (χ2v) is 8.96. The third-order valence-corrected chi connectivity index (χ3v) is 6.26. The number of aliphatic hydroxyl groups is 1. The predicted octanol–water partition coefficient (Wildman–Crippen LogP) is 2.94. The van der Waals surface area contributed by atoms with Crippen molar-refractivity contribution >= 4 is 35.3 Å². The van der Waals surface area contributed by atoms with Crippen molar-refractivity contribution in [2.75, 3.05) is 34.3 Å². The molecule has 2 atom stereocenters. The molecule has 3 rings (SSSR count). The molecule has 0 saturated heterocycles. The molecule has 0 aliphatic carbocycles. The molecule has 0 bridgehead atoms. The number of thioether (sulfide) groups is 1. The molecule has 0 fully saturated rings. The van der Waals surface area contributed by atoms with Gasteiger partial charge in [-0.2, -0.15) is 0 Å². The van der Waals surface area contributed by atoms with Crippen molar-refractivity contribution in [2.45, 2.75) is 11.4 Å². The fourth-order valence-corrected chi connectivity index (χ4v) is 4.36. The van der Waals surface area contributed by atoms with Crippen LogP contribution in [0.25, 0.3) is 5.70 Å². The van der Waals surface area contributed by atoms with E-state index in [9.17, 15) is 19.5 Å². The molecule has 2 aromatic rings. The summed E-state index contributed by atoms with van der Waals surface area (Å²) in [4.78, 5) is 36.1. The SMILES string of the molecule is COc1ccc([C@H]2SC=C(c3ccccc3)N(CCN(C)C)C(=O)[C@@H]2O)cc1.O=C(O)/C=C/C(=O)O. The molecule has 0 spiro atoms. The van der Waals surface area contributed by atoms with E-state index in [1.54, 1.807) is 12.0 Å². The Bertz CT molecular complexity index is 1070. The number of ether oxygens (including phenoxy) is 1. The molecule has 0 radical (unpaired) electrons. The monoisotopic (exact) mass is 514 g/mol. The zero-order valence-electron chi connectivity index (χ0n) is 20.3. The topological polar surface area (TPSA) is 128 Å². The van der Waals surface area contributed by atoms with Crippen LogP contribution in [-0.2, 0) is 14.4 Å². The zero-order valence-corrected chi connectivity index (χ0v) is 21.1. The Balaban J connectivity index is 0.000000493. The number of aliphatic carboxylic acids is 2.